The third-order valence-electron chi connectivity index (χ3n) is 2.90. The summed E-state index contributed by atoms with van der Waals surface area (Å²) < 4.78 is 10.8. The third kappa shape index (κ3) is 4.21. The van der Waals surface area contributed by atoms with Gasteiger partial charge >= 0.3 is 0 Å². The summed E-state index contributed by atoms with van der Waals surface area (Å²) >= 11 is 0. The van der Waals surface area contributed by atoms with E-state index in [4.69, 9.17) is 9.15 Å². The van der Waals surface area contributed by atoms with Gasteiger partial charge in [-0.05, 0) is 44.5 Å². The standard InChI is InChI=1S/C16H18N2O3/c1-11-6-4-5-7-14(11)20-10-16(19)18-17-13(3)15-9-8-12(2)21-15/h4-9H,10H2,1-3H3,(H,18,19)/b17-13-. The lowest BCUT2D eigenvalue weighted by molar-refractivity contribution is -0.123. The smallest absolute Gasteiger partial charge is 0.277 e. The van der Waals surface area contributed by atoms with E-state index in [1.165, 1.54) is 0 Å². The number of carbonyl (C=O) groups excluding carboxylic acids is 1. The number of para-hydroxylation sites is 1. The molecule has 0 radical (unpaired) electrons. The Morgan fingerprint density at radius 3 is 2.67 bits per heavy atom. The second-order valence-corrected chi connectivity index (χ2v) is 4.70. The number of ether oxygens (including phenoxy) is 1. The Hall–Kier alpha value is -2.56. The Labute approximate surface area is 123 Å². The van der Waals surface area contributed by atoms with Gasteiger partial charge in [0.1, 0.15) is 23.0 Å². The topological polar surface area (TPSA) is 63.8 Å². The summed E-state index contributed by atoms with van der Waals surface area (Å²) in [4.78, 5) is 11.7. The number of benzene rings is 1. The zero-order valence-electron chi connectivity index (χ0n) is 12.3. The highest BCUT2D eigenvalue weighted by Crippen LogP contribution is 2.15. The molecular weight excluding hydrogens is 268 g/mol. The van der Waals surface area contributed by atoms with Gasteiger partial charge in [-0.25, -0.2) is 5.43 Å². The van der Waals surface area contributed by atoms with E-state index in [-0.39, 0.29) is 12.5 Å². The van der Waals surface area contributed by atoms with Gasteiger partial charge in [-0.2, -0.15) is 5.10 Å². The van der Waals surface area contributed by atoms with Gasteiger partial charge in [-0.3, -0.25) is 4.79 Å². The van der Waals surface area contributed by atoms with Crippen LogP contribution in [0, 0.1) is 13.8 Å². The highest BCUT2D eigenvalue weighted by molar-refractivity contribution is 5.96. The number of carbonyl (C=O) groups is 1. The SMILES string of the molecule is C/C(=N/NC(=O)COc1ccccc1C)c1ccc(C)o1. The van der Waals surface area contributed by atoms with Crippen LogP contribution < -0.4 is 10.2 Å². The van der Waals surface area contributed by atoms with Gasteiger partial charge in [0.15, 0.2) is 6.61 Å². The monoisotopic (exact) mass is 286 g/mol. The molecular formula is C16H18N2O3. The van der Waals surface area contributed by atoms with Gasteiger partial charge in [0, 0.05) is 0 Å². The molecule has 5 heteroatoms. The second-order valence-electron chi connectivity index (χ2n) is 4.70. The maximum absolute atomic E-state index is 11.7. The number of hydrogen-bond acceptors (Lipinski definition) is 4. The number of aryl methyl sites for hydroxylation is 2. The Morgan fingerprint density at radius 1 is 1.24 bits per heavy atom. The third-order valence-corrected chi connectivity index (χ3v) is 2.90. The van der Waals surface area contributed by atoms with Crippen molar-refractivity contribution in [1.82, 2.24) is 5.43 Å². The maximum atomic E-state index is 11.7. The summed E-state index contributed by atoms with van der Waals surface area (Å²) in [6.45, 7) is 5.46. The number of nitrogens with zero attached hydrogens (tertiary/aromatic N) is 1. The fourth-order valence-electron chi connectivity index (χ4n) is 1.72. The number of rotatable bonds is 5. The fraction of sp³-hybridized carbons (Fsp3) is 0.250. The molecule has 0 fully saturated rings. The van der Waals surface area contributed by atoms with E-state index in [1.54, 1.807) is 6.92 Å². The van der Waals surface area contributed by atoms with Crippen molar-refractivity contribution in [2.75, 3.05) is 6.61 Å². The Bertz CT molecular complexity index is 659. The molecule has 0 aliphatic heterocycles. The molecule has 0 saturated heterocycles. The molecule has 1 amide bonds. The van der Waals surface area contributed by atoms with Crippen LogP contribution in [0.4, 0.5) is 0 Å². The first-order chi connectivity index (χ1) is 10.1. The average molecular weight is 286 g/mol. The van der Waals surface area contributed by atoms with Crippen molar-refractivity contribution in [2.45, 2.75) is 20.8 Å². The summed E-state index contributed by atoms with van der Waals surface area (Å²) in [6, 6.07) is 11.2. The van der Waals surface area contributed by atoms with Crippen LogP contribution >= 0.6 is 0 Å². The summed E-state index contributed by atoms with van der Waals surface area (Å²) in [7, 11) is 0. The van der Waals surface area contributed by atoms with Gasteiger partial charge in [-0.1, -0.05) is 18.2 Å². The molecule has 110 valence electrons. The molecule has 2 aromatic rings. The largest absolute Gasteiger partial charge is 0.483 e. The van der Waals surface area contributed by atoms with Gasteiger partial charge in [0.05, 0.1) is 0 Å². The van der Waals surface area contributed by atoms with E-state index >= 15 is 0 Å². The molecule has 1 aromatic heterocycles. The van der Waals surface area contributed by atoms with Gasteiger partial charge in [0.25, 0.3) is 5.91 Å². The van der Waals surface area contributed by atoms with Crippen molar-refractivity contribution in [1.29, 1.82) is 0 Å². The lowest BCUT2D eigenvalue weighted by Gasteiger charge is -2.07. The van der Waals surface area contributed by atoms with Gasteiger partial charge in [0.2, 0.25) is 0 Å². The quantitative estimate of drug-likeness (QED) is 0.679. The summed E-state index contributed by atoms with van der Waals surface area (Å²) in [5.74, 6) is 1.80. The number of nitrogens with one attached hydrogen (secondary N) is 1. The molecule has 0 saturated carbocycles. The van der Waals surface area contributed by atoms with Crippen molar-refractivity contribution in [3.05, 3.63) is 53.5 Å². The molecule has 2 rings (SSSR count). The van der Waals surface area contributed by atoms with E-state index < -0.39 is 0 Å². The maximum Gasteiger partial charge on any atom is 0.277 e. The molecule has 0 spiro atoms. The summed E-state index contributed by atoms with van der Waals surface area (Å²) in [5, 5.41) is 3.99. The highest BCUT2D eigenvalue weighted by atomic mass is 16.5. The molecule has 0 bridgehead atoms. The Morgan fingerprint density at radius 2 is 2.00 bits per heavy atom. The van der Waals surface area contributed by atoms with E-state index in [9.17, 15) is 4.79 Å². The van der Waals surface area contributed by atoms with Gasteiger partial charge < -0.3 is 9.15 Å². The Balaban J connectivity index is 1.86. The molecule has 21 heavy (non-hydrogen) atoms. The zero-order chi connectivity index (χ0) is 15.2. The van der Waals surface area contributed by atoms with Crippen molar-refractivity contribution in [3.8, 4) is 5.75 Å². The van der Waals surface area contributed by atoms with Crippen LogP contribution in [0.15, 0.2) is 45.9 Å². The first-order valence-electron chi connectivity index (χ1n) is 6.64. The number of hydrazone groups is 1. The predicted molar refractivity (Wildman–Crippen MR) is 80.5 cm³/mol. The van der Waals surface area contributed by atoms with Crippen molar-refractivity contribution in [2.24, 2.45) is 5.10 Å². The average Bonchev–Trinajstić information content (AvgIpc) is 2.90. The lowest BCUT2D eigenvalue weighted by atomic mass is 10.2. The number of hydrogen-bond donors (Lipinski definition) is 1. The van der Waals surface area contributed by atoms with Crippen LogP contribution in [0.25, 0.3) is 0 Å². The predicted octanol–water partition coefficient (Wildman–Crippen LogP) is 2.82. The first-order valence-corrected chi connectivity index (χ1v) is 6.64. The summed E-state index contributed by atoms with van der Waals surface area (Å²) in [5.41, 5.74) is 4.03. The molecule has 1 aromatic carbocycles. The lowest BCUT2D eigenvalue weighted by Crippen LogP contribution is -2.25. The van der Waals surface area contributed by atoms with Crippen LogP contribution in [0.5, 0.6) is 5.75 Å². The van der Waals surface area contributed by atoms with Crippen molar-refractivity contribution < 1.29 is 13.9 Å². The molecule has 0 aliphatic carbocycles. The van der Waals surface area contributed by atoms with E-state index in [0.717, 1.165) is 11.3 Å². The minimum Gasteiger partial charge on any atom is -0.483 e. The van der Waals surface area contributed by atoms with E-state index in [0.29, 0.717) is 17.2 Å². The molecule has 1 N–H and O–H groups in total. The van der Waals surface area contributed by atoms with Crippen LogP contribution in [-0.2, 0) is 4.79 Å². The Kier molecular flexibility index (Phi) is 4.77. The number of furan rings is 1. The highest BCUT2D eigenvalue weighted by Gasteiger charge is 2.06. The van der Waals surface area contributed by atoms with Crippen LogP contribution in [-0.4, -0.2) is 18.2 Å². The molecule has 1 heterocycles. The minimum atomic E-state index is -0.319. The van der Waals surface area contributed by atoms with Gasteiger partial charge in [-0.15, -0.1) is 0 Å². The van der Waals surface area contributed by atoms with Crippen LogP contribution in [0.1, 0.15) is 24.0 Å². The summed E-state index contributed by atoms with van der Waals surface area (Å²) in [6.07, 6.45) is 0. The molecule has 0 atom stereocenters. The van der Waals surface area contributed by atoms with Crippen LogP contribution in [0.3, 0.4) is 0 Å². The first kappa shape index (κ1) is 14.8. The normalized spacial score (nSPS) is 11.3. The zero-order valence-corrected chi connectivity index (χ0v) is 12.3. The molecule has 5 nitrogen and oxygen atoms in total. The number of amides is 1. The van der Waals surface area contributed by atoms with Crippen molar-refractivity contribution in [3.63, 3.8) is 0 Å². The van der Waals surface area contributed by atoms with Crippen molar-refractivity contribution >= 4 is 11.6 Å². The van der Waals surface area contributed by atoms with E-state index in [1.807, 2.05) is 50.2 Å². The molecule has 0 aliphatic rings. The fourth-order valence-corrected chi connectivity index (χ4v) is 1.72. The minimum absolute atomic E-state index is 0.0845. The van der Waals surface area contributed by atoms with Crippen LogP contribution in [0.2, 0.25) is 0 Å². The second kappa shape index (κ2) is 6.74. The van der Waals surface area contributed by atoms with E-state index in [2.05, 4.69) is 10.5 Å². The molecule has 0 unspecified atom stereocenters.